The van der Waals surface area contributed by atoms with Crippen molar-refractivity contribution in [2.24, 2.45) is 5.92 Å². The van der Waals surface area contributed by atoms with E-state index in [2.05, 4.69) is 34.6 Å². The lowest BCUT2D eigenvalue weighted by molar-refractivity contribution is -0.0281. The van der Waals surface area contributed by atoms with Crippen molar-refractivity contribution >= 4 is 0 Å². The average Bonchev–Trinajstić information content (AvgIpc) is 1.85. The maximum Gasteiger partial charge on any atom is 0.0626 e. The summed E-state index contributed by atoms with van der Waals surface area (Å²) in [7, 11) is 0. The van der Waals surface area contributed by atoms with Crippen LogP contribution in [0.25, 0.3) is 0 Å². The van der Waals surface area contributed by atoms with E-state index in [4.69, 9.17) is 4.74 Å². The molecule has 0 aromatic carbocycles. The summed E-state index contributed by atoms with van der Waals surface area (Å²) in [5, 5.41) is 0. The van der Waals surface area contributed by atoms with Crippen molar-refractivity contribution in [3.63, 3.8) is 0 Å². The Balaban J connectivity index is 3.46. The first-order valence-corrected chi connectivity index (χ1v) is 5.12. The minimum absolute atomic E-state index is 0.0869. The summed E-state index contributed by atoms with van der Waals surface area (Å²) in [6, 6.07) is 0. The Morgan fingerprint density at radius 3 is 2.25 bits per heavy atom. The van der Waals surface area contributed by atoms with Crippen LogP contribution in [-0.4, -0.2) is 12.2 Å². The summed E-state index contributed by atoms with van der Waals surface area (Å²) >= 11 is 0. The highest BCUT2D eigenvalue weighted by molar-refractivity contribution is 4.67. The Hall–Kier alpha value is -0.0400. The number of hydrogen-bond acceptors (Lipinski definition) is 1. The largest absolute Gasteiger partial charge is 0.376 e. The summed E-state index contributed by atoms with van der Waals surface area (Å²) in [5.74, 6) is 0.752. The predicted molar refractivity (Wildman–Crippen MR) is 54.4 cm³/mol. The summed E-state index contributed by atoms with van der Waals surface area (Å²) in [6.07, 6.45) is 3.53. The van der Waals surface area contributed by atoms with Gasteiger partial charge in [0.05, 0.1) is 5.60 Å². The van der Waals surface area contributed by atoms with Gasteiger partial charge in [0.2, 0.25) is 0 Å². The fourth-order valence-corrected chi connectivity index (χ4v) is 1.25. The molecule has 0 N–H and O–H groups in total. The molecule has 1 heteroatoms. The molecule has 0 saturated carbocycles. The van der Waals surface area contributed by atoms with Gasteiger partial charge in [0.25, 0.3) is 0 Å². The van der Waals surface area contributed by atoms with E-state index in [1.807, 2.05) is 0 Å². The Morgan fingerprint density at radius 1 is 1.25 bits per heavy atom. The van der Waals surface area contributed by atoms with E-state index in [1.165, 1.54) is 12.8 Å². The highest BCUT2D eigenvalue weighted by atomic mass is 16.5. The SMILES string of the molecule is CCCC(C)(C)OCCC(C)C. The van der Waals surface area contributed by atoms with Gasteiger partial charge in [0.1, 0.15) is 0 Å². The molecule has 0 aliphatic carbocycles. The maximum absolute atomic E-state index is 5.78. The Kier molecular flexibility index (Phi) is 5.56. The molecule has 0 aliphatic heterocycles. The molecule has 0 aliphatic rings. The third-order valence-electron chi connectivity index (χ3n) is 2.04. The van der Waals surface area contributed by atoms with Gasteiger partial charge in [-0.1, -0.05) is 27.2 Å². The number of rotatable bonds is 6. The fraction of sp³-hybridized carbons (Fsp3) is 1.00. The zero-order valence-corrected chi connectivity index (χ0v) is 9.31. The highest BCUT2D eigenvalue weighted by Gasteiger charge is 2.16. The van der Waals surface area contributed by atoms with E-state index in [-0.39, 0.29) is 5.60 Å². The lowest BCUT2D eigenvalue weighted by atomic mass is 10.0. The van der Waals surface area contributed by atoms with Crippen LogP contribution in [0, 0.1) is 5.92 Å². The standard InChI is InChI=1S/C11H24O/c1-6-8-11(4,5)12-9-7-10(2)3/h10H,6-9H2,1-5H3. The molecule has 0 rings (SSSR count). The Bertz CT molecular complexity index is 106. The number of hydrogen-bond donors (Lipinski definition) is 0. The molecule has 0 radical (unpaired) electrons. The molecule has 0 unspecified atom stereocenters. The van der Waals surface area contributed by atoms with Gasteiger partial charge < -0.3 is 4.74 Å². The van der Waals surface area contributed by atoms with E-state index in [1.54, 1.807) is 0 Å². The minimum atomic E-state index is 0.0869. The second-order valence-electron chi connectivity index (χ2n) is 4.54. The zero-order chi connectivity index (χ0) is 9.61. The zero-order valence-electron chi connectivity index (χ0n) is 9.31. The molecule has 0 atom stereocenters. The predicted octanol–water partition coefficient (Wildman–Crippen LogP) is 3.63. The van der Waals surface area contributed by atoms with Crippen LogP contribution in [0.1, 0.15) is 53.9 Å². The monoisotopic (exact) mass is 172 g/mol. The van der Waals surface area contributed by atoms with Crippen LogP contribution >= 0.6 is 0 Å². The van der Waals surface area contributed by atoms with E-state index in [0.29, 0.717) is 0 Å². The Morgan fingerprint density at radius 2 is 1.83 bits per heavy atom. The summed E-state index contributed by atoms with van der Waals surface area (Å²) in [5.41, 5.74) is 0.0869. The van der Waals surface area contributed by atoms with E-state index >= 15 is 0 Å². The lowest BCUT2D eigenvalue weighted by Gasteiger charge is -2.25. The van der Waals surface area contributed by atoms with E-state index in [9.17, 15) is 0 Å². The molecular formula is C11H24O. The van der Waals surface area contributed by atoms with Gasteiger partial charge in [-0.25, -0.2) is 0 Å². The van der Waals surface area contributed by atoms with Crippen molar-refractivity contribution in [3.8, 4) is 0 Å². The summed E-state index contributed by atoms with van der Waals surface area (Å²) in [4.78, 5) is 0. The molecule has 0 heterocycles. The first-order chi connectivity index (χ1) is 5.48. The molecule has 0 saturated heterocycles. The molecule has 0 bridgehead atoms. The molecule has 12 heavy (non-hydrogen) atoms. The van der Waals surface area contributed by atoms with Gasteiger partial charge in [-0.3, -0.25) is 0 Å². The summed E-state index contributed by atoms with van der Waals surface area (Å²) < 4.78 is 5.78. The fourth-order valence-electron chi connectivity index (χ4n) is 1.25. The molecular weight excluding hydrogens is 148 g/mol. The molecule has 0 fully saturated rings. The molecule has 0 spiro atoms. The molecule has 0 amide bonds. The van der Waals surface area contributed by atoms with Gasteiger partial charge in [0.15, 0.2) is 0 Å². The third-order valence-corrected chi connectivity index (χ3v) is 2.04. The Labute approximate surface area is 77.5 Å². The van der Waals surface area contributed by atoms with Crippen LogP contribution in [0.5, 0.6) is 0 Å². The van der Waals surface area contributed by atoms with Crippen molar-refractivity contribution < 1.29 is 4.74 Å². The van der Waals surface area contributed by atoms with Gasteiger partial charge in [0, 0.05) is 6.61 Å². The summed E-state index contributed by atoms with van der Waals surface area (Å²) in [6.45, 7) is 11.9. The van der Waals surface area contributed by atoms with Crippen molar-refractivity contribution in [1.29, 1.82) is 0 Å². The molecule has 0 aromatic rings. The van der Waals surface area contributed by atoms with E-state index in [0.717, 1.165) is 18.9 Å². The third kappa shape index (κ3) is 6.66. The highest BCUT2D eigenvalue weighted by Crippen LogP contribution is 2.17. The second-order valence-corrected chi connectivity index (χ2v) is 4.54. The van der Waals surface area contributed by atoms with Gasteiger partial charge >= 0.3 is 0 Å². The topological polar surface area (TPSA) is 9.23 Å². The smallest absolute Gasteiger partial charge is 0.0626 e. The van der Waals surface area contributed by atoms with Crippen LogP contribution < -0.4 is 0 Å². The van der Waals surface area contributed by atoms with Crippen molar-refractivity contribution in [3.05, 3.63) is 0 Å². The van der Waals surface area contributed by atoms with Crippen molar-refractivity contribution in [2.75, 3.05) is 6.61 Å². The average molecular weight is 172 g/mol. The van der Waals surface area contributed by atoms with Crippen molar-refractivity contribution in [1.82, 2.24) is 0 Å². The lowest BCUT2D eigenvalue weighted by Crippen LogP contribution is -2.24. The second kappa shape index (κ2) is 5.58. The molecule has 0 aromatic heterocycles. The first kappa shape index (κ1) is 12.0. The van der Waals surface area contributed by atoms with E-state index < -0.39 is 0 Å². The van der Waals surface area contributed by atoms with Gasteiger partial charge in [-0.2, -0.15) is 0 Å². The van der Waals surface area contributed by atoms with Crippen LogP contribution in [0.2, 0.25) is 0 Å². The van der Waals surface area contributed by atoms with Crippen LogP contribution in [-0.2, 0) is 4.74 Å². The maximum atomic E-state index is 5.78. The van der Waals surface area contributed by atoms with Crippen LogP contribution in [0.15, 0.2) is 0 Å². The normalized spacial score (nSPS) is 12.5. The van der Waals surface area contributed by atoms with Crippen LogP contribution in [0.3, 0.4) is 0 Å². The van der Waals surface area contributed by atoms with Crippen molar-refractivity contribution in [2.45, 2.75) is 59.5 Å². The number of ether oxygens (including phenoxy) is 1. The molecule has 1 nitrogen and oxygen atoms in total. The first-order valence-electron chi connectivity index (χ1n) is 5.12. The van der Waals surface area contributed by atoms with Crippen LogP contribution in [0.4, 0.5) is 0 Å². The van der Waals surface area contributed by atoms with Gasteiger partial charge in [-0.15, -0.1) is 0 Å². The molecule has 74 valence electrons. The van der Waals surface area contributed by atoms with Gasteiger partial charge in [-0.05, 0) is 32.6 Å². The quantitative estimate of drug-likeness (QED) is 0.594. The minimum Gasteiger partial charge on any atom is -0.376 e.